The van der Waals surface area contributed by atoms with Crippen LogP contribution in [0.4, 0.5) is 4.79 Å². The number of nitrogens with zero attached hydrogens (tertiary/aromatic N) is 2. The van der Waals surface area contributed by atoms with Gasteiger partial charge in [0.1, 0.15) is 12.2 Å². The summed E-state index contributed by atoms with van der Waals surface area (Å²) >= 11 is 0. The summed E-state index contributed by atoms with van der Waals surface area (Å²) in [6.45, 7) is 5.83. The minimum Gasteiger partial charge on any atom is -0.458 e. The number of H-pyrrole nitrogens is 1. The molecular formula is C22H34N4O4. The molecule has 8 nitrogen and oxygen atoms in total. The van der Waals surface area contributed by atoms with Gasteiger partial charge >= 0.3 is 12.1 Å². The fourth-order valence-corrected chi connectivity index (χ4v) is 4.61. The number of allylic oxidation sites excluding steroid dienone is 1. The molecule has 0 saturated carbocycles. The molecule has 1 atom stereocenters. The SMILES string of the molecule is CCC1(CC)CC2(CC=C(c3n[nH]cc3CN(C)CCOC(=O)NC)CC2)OC1=O. The van der Waals surface area contributed by atoms with E-state index in [1.165, 1.54) is 5.57 Å². The maximum Gasteiger partial charge on any atom is 0.406 e. The Morgan fingerprint density at radius 2 is 2.17 bits per heavy atom. The zero-order valence-electron chi connectivity index (χ0n) is 18.5. The molecule has 2 aliphatic rings. The molecule has 1 aliphatic carbocycles. The van der Waals surface area contributed by atoms with E-state index in [0.29, 0.717) is 19.7 Å². The van der Waals surface area contributed by atoms with Crippen molar-refractivity contribution in [2.75, 3.05) is 27.2 Å². The van der Waals surface area contributed by atoms with Crippen LogP contribution in [-0.2, 0) is 20.8 Å². The molecule has 1 unspecified atom stereocenters. The summed E-state index contributed by atoms with van der Waals surface area (Å²) in [7, 11) is 3.53. The van der Waals surface area contributed by atoms with E-state index in [4.69, 9.17) is 9.47 Å². The first-order valence-corrected chi connectivity index (χ1v) is 10.9. The van der Waals surface area contributed by atoms with Gasteiger partial charge in [0.2, 0.25) is 0 Å². The van der Waals surface area contributed by atoms with Crippen molar-refractivity contribution in [3.8, 4) is 0 Å². The second kappa shape index (κ2) is 9.20. The fraction of sp³-hybridized carbons (Fsp3) is 0.682. The Labute approximate surface area is 178 Å². The minimum atomic E-state index is -0.420. The van der Waals surface area contributed by atoms with E-state index >= 15 is 0 Å². The Morgan fingerprint density at radius 1 is 1.40 bits per heavy atom. The normalized spacial score (nSPS) is 22.8. The van der Waals surface area contributed by atoms with Crippen LogP contribution in [0.1, 0.15) is 63.6 Å². The number of aromatic nitrogens is 2. The number of esters is 1. The highest BCUT2D eigenvalue weighted by Crippen LogP contribution is 2.51. The van der Waals surface area contributed by atoms with Gasteiger partial charge in [-0.25, -0.2) is 4.79 Å². The molecule has 1 aromatic heterocycles. The van der Waals surface area contributed by atoms with Crippen LogP contribution >= 0.6 is 0 Å². The van der Waals surface area contributed by atoms with Crippen LogP contribution in [0.2, 0.25) is 0 Å². The minimum absolute atomic E-state index is 0.0228. The van der Waals surface area contributed by atoms with Gasteiger partial charge in [-0.2, -0.15) is 5.10 Å². The zero-order chi connectivity index (χ0) is 21.8. The molecule has 8 heteroatoms. The monoisotopic (exact) mass is 418 g/mol. The van der Waals surface area contributed by atoms with Crippen LogP contribution in [0, 0.1) is 5.41 Å². The fourth-order valence-electron chi connectivity index (χ4n) is 4.61. The maximum atomic E-state index is 12.6. The number of likely N-dealkylation sites (N-methyl/N-ethyl adjacent to an activating group) is 1. The molecule has 0 radical (unpaired) electrons. The average Bonchev–Trinajstić information content (AvgIpc) is 3.30. The van der Waals surface area contributed by atoms with Crippen LogP contribution in [-0.4, -0.2) is 60.0 Å². The number of hydrogen-bond acceptors (Lipinski definition) is 6. The molecule has 30 heavy (non-hydrogen) atoms. The zero-order valence-corrected chi connectivity index (χ0v) is 18.5. The largest absolute Gasteiger partial charge is 0.458 e. The van der Waals surface area contributed by atoms with Gasteiger partial charge in [-0.3, -0.25) is 14.8 Å². The molecule has 3 rings (SSSR count). The molecular weight excluding hydrogens is 384 g/mol. The van der Waals surface area contributed by atoms with Gasteiger partial charge in [0, 0.05) is 44.7 Å². The van der Waals surface area contributed by atoms with E-state index in [2.05, 4.69) is 40.3 Å². The number of carbonyl (C=O) groups is 2. The summed E-state index contributed by atoms with van der Waals surface area (Å²) in [5, 5.41) is 9.91. The van der Waals surface area contributed by atoms with Gasteiger partial charge in [0.05, 0.1) is 11.1 Å². The van der Waals surface area contributed by atoms with Gasteiger partial charge in [-0.05, 0) is 38.3 Å². The predicted octanol–water partition coefficient (Wildman–Crippen LogP) is 3.26. The Hall–Kier alpha value is -2.35. The third-order valence-corrected chi connectivity index (χ3v) is 6.70. The van der Waals surface area contributed by atoms with E-state index in [9.17, 15) is 9.59 Å². The Kier molecular flexibility index (Phi) is 6.85. The number of hydrogen-bond donors (Lipinski definition) is 2. The van der Waals surface area contributed by atoms with Crippen molar-refractivity contribution in [3.63, 3.8) is 0 Å². The van der Waals surface area contributed by atoms with Crippen LogP contribution in [0.25, 0.3) is 5.57 Å². The third kappa shape index (κ3) is 4.53. The number of aromatic amines is 1. The first-order chi connectivity index (χ1) is 14.4. The standard InChI is InChI=1S/C22H34N4O4/c1-5-21(6-2)15-22(30-19(21)27)9-7-16(8-10-22)18-17(13-24-25-18)14-26(4)11-12-29-20(28)23-3/h7,13H,5-6,8-12,14-15H2,1-4H3,(H,23,28)(H,24,25). The second-order valence-electron chi connectivity index (χ2n) is 8.55. The van der Waals surface area contributed by atoms with Gasteiger partial charge in [0.25, 0.3) is 0 Å². The van der Waals surface area contributed by atoms with E-state index in [-0.39, 0.29) is 17.0 Å². The molecule has 1 amide bonds. The quantitative estimate of drug-likeness (QED) is 0.629. The summed E-state index contributed by atoms with van der Waals surface area (Å²) in [6, 6.07) is 0. The van der Waals surface area contributed by atoms with Crippen LogP contribution < -0.4 is 5.32 Å². The van der Waals surface area contributed by atoms with Gasteiger partial charge in [0.15, 0.2) is 0 Å². The molecule has 0 bridgehead atoms. The summed E-state index contributed by atoms with van der Waals surface area (Å²) in [5.41, 5.74) is 2.62. The van der Waals surface area contributed by atoms with Gasteiger partial charge in [-0.1, -0.05) is 19.9 Å². The Morgan fingerprint density at radius 3 is 2.77 bits per heavy atom. The summed E-state index contributed by atoms with van der Waals surface area (Å²) in [4.78, 5) is 25.8. The molecule has 166 valence electrons. The van der Waals surface area contributed by atoms with Gasteiger partial charge < -0.3 is 14.8 Å². The number of nitrogens with one attached hydrogen (secondary N) is 2. The highest BCUT2D eigenvalue weighted by molar-refractivity contribution is 5.80. The first-order valence-electron chi connectivity index (χ1n) is 10.9. The summed E-state index contributed by atoms with van der Waals surface area (Å²) in [5.74, 6) is -0.0228. The van der Waals surface area contributed by atoms with Crippen molar-refractivity contribution in [3.05, 3.63) is 23.5 Å². The Balaban J connectivity index is 1.62. The topological polar surface area (TPSA) is 96.6 Å². The Bertz CT molecular complexity index is 799. The van der Waals surface area contributed by atoms with Crippen LogP contribution in [0.5, 0.6) is 0 Å². The number of ether oxygens (including phenoxy) is 2. The van der Waals surface area contributed by atoms with Crippen molar-refractivity contribution in [2.24, 2.45) is 5.41 Å². The van der Waals surface area contributed by atoms with Crippen molar-refractivity contribution in [2.45, 2.75) is 64.5 Å². The van der Waals surface area contributed by atoms with Crippen molar-refractivity contribution in [1.82, 2.24) is 20.4 Å². The maximum absolute atomic E-state index is 12.6. The molecule has 1 aromatic rings. The first kappa shape index (κ1) is 22.3. The molecule has 0 aromatic carbocycles. The highest BCUT2D eigenvalue weighted by Gasteiger charge is 2.54. The lowest BCUT2D eigenvalue weighted by molar-refractivity contribution is -0.154. The van der Waals surface area contributed by atoms with E-state index < -0.39 is 6.09 Å². The number of amides is 1. The average molecular weight is 419 g/mol. The molecule has 1 spiro atoms. The number of rotatable bonds is 8. The van der Waals surface area contributed by atoms with E-state index in [1.807, 2.05) is 13.2 Å². The molecule has 2 N–H and O–H groups in total. The third-order valence-electron chi connectivity index (χ3n) is 6.70. The second-order valence-corrected chi connectivity index (χ2v) is 8.55. The number of carbonyl (C=O) groups excluding carboxylic acids is 2. The van der Waals surface area contributed by atoms with Crippen molar-refractivity contribution >= 4 is 17.6 Å². The summed E-state index contributed by atoms with van der Waals surface area (Å²) < 4.78 is 11.0. The van der Waals surface area contributed by atoms with Crippen molar-refractivity contribution in [1.29, 1.82) is 0 Å². The lowest BCUT2D eigenvalue weighted by atomic mass is 9.72. The van der Waals surface area contributed by atoms with Crippen LogP contribution in [0.3, 0.4) is 0 Å². The van der Waals surface area contributed by atoms with Crippen molar-refractivity contribution < 1.29 is 19.1 Å². The molecule has 1 saturated heterocycles. The van der Waals surface area contributed by atoms with Gasteiger partial charge in [-0.15, -0.1) is 0 Å². The molecule has 2 heterocycles. The van der Waals surface area contributed by atoms with E-state index in [0.717, 1.165) is 49.8 Å². The summed E-state index contributed by atoms with van der Waals surface area (Å²) in [6.07, 6.45) is 8.62. The lowest BCUT2D eigenvalue weighted by Gasteiger charge is -2.32. The lowest BCUT2D eigenvalue weighted by Crippen LogP contribution is -2.31. The smallest absolute Gasteiger partial charge is 0.406 e. The molecule has 1 fully saturated rings. The predicted molar refractivity (Wildman–Crippen MR) is 114 cm³/mol. The highest BCUT2D eigenvalue weighted by atomic mass is 16.6. The molecule has 1 aliphatic heterocycles. The number of alkyl carbamates (subject to hydrolysis) is 1. The van der Waals surface area contributed by atoms with Crippen LogP contribution in [0.15, 0.2) is 12.3 Å². The van der Waals surface area contributed by atoms with E-state index in [1.54, 1.807) is 7.05 Å².